The van der Waals surface area contributed by atoms with Gasteiger partial charge in [0.05, 0.1) is 24.0 Å². The van der Waals surface area contributed by atoms with Gasteiger partial charge in [0.1, 0.15) is 28.6 Å². The van der Waals surface area contributed by atoms with E-state index in [9.17, 15) is 14.4 Å². The lowest BCUT2D eigenvalue weighted by Gasteiger charge is -2.10. The number of benzene rings is 2. The van der Waals surface area contributed by atoms with Crippen molar-refractivity contribution in [3.8, 4) is 17.2 Å². The lowest BCUT2D eigenvalue weighted by molar-refractivity contribution is -0.134. The smallest absolute Gasteiger partial charge is 0.338 e. The molecule has 0 bridgehead atoms. The van der Waals surface area contributed by atoms with E-state index in [4.69, 9.17) is 34.8 Å². The molecule has 9 nitrogen and oxygen atoms in total. The van der Waals surface area contributed by atoms with Crippen molar-refractivity contribution >= 4 is 34.5 Å². The number of ether oxygens (including phenoxy) is 3. The maximum absolute atomic E-state index is 13.0. The van der Waals surface area contributed by atoms with Gasteiger partial charge in [-0.1, -0.05) is 23.7 Å². The summed E-state index contributed by atoms with van der Waals surface area (Å²) < 4.78 is 27.0. The minimum atomic E-state index is -0.497. The molecule has 0 aliphatic carbocycles. The second-order valence-corrected chi connectivity index (χ2v) is 8.21. The molecule has 2 aromatic carbocycles. The molecule has 0 unspecified atom stereocenters. The van der Waals surface area contributed by atoms with Crippen LogP contribution in [0.3, 0.4) is 0 Å². The van der Waals surface area contributed by atoms with Gasteiger partial charge >= 0.3 is 11.9 Å². The zero-order valence-corrected chi connectivity index (χ0v) is 20.3. The third kappa shape index (κ3) is 5.92. The quantitative estimate of drug-likeness (QED) is 0.208. The first-order valence-corrected chi connectivity index (χ1v) is 11.6. The third-order valence-corrected chi connectivity index (χ3v) is 5.25. The van der Waals surface area contributed by atoms with Gasteiger partial charge in [-0.2, -0.15) is 0 Å². The van der Waals surface area contributed by atoms with Gasteiger partial charge in [0.25, 0.3) is 0 Å². The third-order valence-electron chi connectivity index (χ3n) is 5.07. The summed E-state index contributed by atoms with van der Waals surface area (Å²) in [4.78, 5) is 37.2. The van der Waals surface area contributed by atoms with Crippen LogP contribution in [-0.2, 0) is 16.0 Å². The van der Waals surface area contributed by atoms with E-state index in [-0.39, 0.29) is 51.7 Å². The van der Waals surface area contributed by atoms with E-state index in [1.54, 1.807) is 31.2 Å². The minimum absolute atomic E-state index is 0.0132. The fourth-order valence-corrected chi connectivity index (χ4v) is 3.47. The number of nitrogens with zero attached hydrogens (tertiary/aromatic N) is 1. The molecule has 0 saturated carbocycles. The van der Waals surface area contributed by atoms with E-state index in [1.165, 1.54) is 24.3 Å². The van der Waals surface area contributed by atoms with Crippen LogP contribution in [-0.4, -0.2) is 23.7 Å². The largest absolute Gasteiger partial charge is 0.462 e. The molecule has 186 valence electrons. The predicted octanol–water partition coefficient (Wildman–Crippen LogP) is 5.64. The molecular formula is C26H22ClNO8. The van der Waals surface area contributed by atoms with Gasteiger partial charge in [-0.3, -0.25) is 9.59 Å². The van der Waals surface area contributed by atoms with Gasteiger partial charge in [0, 0.05) is 18.6 Å². The number of hydrogen-bond donors (Lipinski definition) is 0. The van der Waals surface area contributed by atoms with Crippen LogP contribution in [0.15, 0.2) is 62.3 Å². The summed E-state index contributed by atoms with van der Waals surface area (Å²) in [6.45, 7) is 3.84. The standard InChI is InChI=1S/C26H22ClNO8/c1-3-12-32-26(31)16-4-6-17(7-5-16)35-25-15(2)33-21-13-18(8-10-20(21)24(25)30)34-23(29)11-9-19-14-22(27)28-36-19/h4-8,10,13-14H,3,9,11-12H2,1-2H3. The zero-order chi connectivity index (χ0) is 25.7. The summed E-state index contributed by atoms with van der Waals surface area (Å²) in [5, 5.41) is 4.02. The summed E-state index contributed by atoms with van der Waals surface area (Å²) in [6.07, 6.45) is 1.06. The Morgan fingerprint density at radius 2 is 1.81 bits per heavy atom. The molecule has 0 aliphatic rings. The van der Waals surface area contributed by atoms with Gasteiger partial charge < -0.3 is 23.2 Å². The summed E-state index contributed by atoms with van der Waals surface area (Å²) in [5.41, 5.74) is 0.233. The first-order chi connectivity index (χ1) is 17.3. The normalized spacial score (nSPS) is 10.9. The summed E-state index contributed by atoms with van der Waals surface area (Å²) in [5.74, 6) is 0.381. The molecule has 0 aliphatic heterocycles. The SMILES string of the molecule is CCCOC(=O)c1ccc(Oc2c(C)oc3cc(OC(=O)CCc4cc(Cl)no4)ccc3c2=O)cc1. The fourth-order valence-electron chi connectivity index (χ4n) is 3.32. The highest BCUT2D eigenvalue weighted by Gasteiger charge is 2.16. The predicted molar refractivity (Wildman–Crippen MR) is 130 cm³/mol. The van der Waals surface area contributed by atoms with E-state index < -0.39 is 11.9 Å². The molecule has 4 rings (SSSR count). The molecular weight excluding hydrogens is 490 g/mol. The first-order valence-electron chi connectivity index (χ1n) is 11.2. The molecule has 0 fully saturated rings. The molecule has 0 N–H and O–H groups in total. The molecule has 0 spiro atoms. The number of carbonyl (C=O) groups is 2. The van der Waals surface area contributed by atoms with Gasteiger partial charge in [-0.15, -0.1) is 0 Å². The second kappa shape index (κ2) is 11.1. The highest BCUT2D eigenvalue weighted by molar-refractivity contribution is 6.29. The Morgan fingerprint density at radius 3 is 2.50 bits per heavy atom. The molecule has 0 saturated heterocycles. The van der Waals surface area contributed by atoms with Gasteiger partial charge in [0.15, 0.2) is 5.15 Å². The Morgan fingerprint density at radius 1 is 1.06 bits per heavy atom. The number of aromatic nitrogens is 1. The number of hydrogen-bond acceptors (Lipinski definition) is 9. The lowest BCUT2D eigenvalue weighted by atomic mass is 10.2. The van der Waals surface area contributed by atoms with Crippen LogP contribution < -0.4 is 14.9 Å². The number of fused-ring (bicyclic) bond motifs is 1. The zero-order valence-electron chi connectivity index (χ0n) is 19.5. The van der Waals surface area contributed by atoms with Crippen molar-refractivity contribution in [3.63, 3.8) is 0 Å². The molecule has 10 heteroatoms. The fraction of sp³-hybridized carbons (Fsp3) is 0.231. The Hall–Kier alpha value is -4.11. The molecule has 4 aromatic rings. The van der Waals surface area contributed by atoms with Crippen molar-refractivity contribution in [1.29, 1.82) is 0 Å². The highest BCUT2D eigenvalue weighted by Crippen LogP contribution is 2.28. The highest BCUT2D eigenvalue weighted by atomic mass is 35.5. The average molecular weight is 512 g/mol. The van der Waals surface area contributed by atoms with Crippen LogP contribution in [0, 0.1) is 6.92 Å². The Bertz CT molecular complexity index is 1460. The maximum atomic E-state index is 13.0. The van der Waals surface area contributed by atoms with Crippen molar-refractivity contribution in [2.45, 2.75) is 33.1 Å². The molecule has 36 heavy (non-hydrogen) atoms. The number of aryl methyl sites for hydroxylation is 2. The lowest BCUT2D eigenvalue weighted by Crippen LogP contribution is -2.10. The van der Waals surface area contributed by atoms with Crippen LogP contribution in [0.1, 0.15) is 41.6 Å². The topological polar surface area (TPSA) is 118 Å². The molecule has 2 heterocycles. The number of halogens is 1. The number of carbonyl (C=O) groups excluding carboxylic acids is 2. The summed E-state index contributed by atoms with van der Waals surface area (Å²) >= 11 is 5.69. The van der Waals surface area contributed by atoms with Gasteiger partial charge in [-0.25, -0.2) is 4.79 Å². The van der Waals surface area contributed by atoms with Gasteiger partial charge in [-0.05, 0) is 49.7 Å². The minimum Gasteiger partial charge on any atom is -0.462 e. The van der Waals surface area contributed by atoms with Crippen LogP contribution in [0.4, 0.5) is 0 Å². The Labute approximate surface area is 210 Å². The van der Waals surface area contributed by atoms with Crippen molar-refractivity contribution in [1.82, 2.24) is 5.16 Å². The first kappa shape index (κ1) is 25.0. The molecule has 0 amide bonds. The summed E-state index contributed by atoms with van der Waals surface area (Å²) in [7, 11) is 0. The van der Waals surface area contributed by atoms with Crippen LogP contribution in [0.5, 0.6) is 17.2 Å². The molecule has 2 aromatic heterocycles. The molecule has 0 atom stereocenters. The van der Waals surface area contributed by atoms with E-state index >= 15 is 0 Å². The van der Waals surface area contributed by atoms with E-state index in [1.807, 2.05) is 6.92 Å². The number of esters is 2. The monoisotopic (exact) mass is 511 g/mol. The van der Waals surface area contributed by atoms with Crippen molar-refractivity contribution < 1.29 is 32.7 Å². The Kier molecular flexibility index (Phi) is 7.70. The van der Waals surface area contributed by atoms with E-state index in [0.717, 1.165) is 6.42 Å². The molecule has 0 radical (unpaired) electrons. The van der Waals surface area contributed by atoms with Crippen molar-refractivity contribution in [2.24, 2.45) is 0 Å². The van der Waals surface area contributed by atoms with E-state index in [0.29, 0.717) is 23.7 Å². The van der Waals surface area contributed by atoms with Gasteiger partial charge in [0.2, 0.25) is 11.2 Å². The maximum Gasteiger partial charge on any atom is 0.338 e. The second-order valence-electron chi connectivity index (χ2n) is 7.83. The van der Waals surface area contributed by atoms with Crippen molar-refractivity contribution in [2.75, 3.05) is 6.61 Å². The van der Waals surface area contributed by atoms with Crippen LogP contribution >= 0.6 is 11.6 Å². The summed E-state index contributed by atoms with van der Waals surface area (Å²) in [6, 6.07) is 12.2. The van der Waals surface area contributed by atoms with Crippen LogP contribution in [0.25, 0.3) is 11.0 Å². The number of rotatable bonds is 9. The van der Waals surface area contributed by atoms with E-state index in [2.05, 4.69) is 5.16 Å². The average Bonchev–Trinajstić information content (AvgIpc) is 3.29. The van der Waals surface area contributed by atoms with Crippen molar-refractivity contribution in [3.05, 3.63) is 81.0 Å². The van der Waals surface area contributed by atoms with Crippen LogP contribution in [0.2, 0.25) is 5.15 Å². The Balaban J connectivity index is 1.46.